The SMILES string of the molecule is COc1cccc([C@@H](O)[C@H](C)NS(=O)(=O)c2ccc([N+](=O)[O-])cc2)c1. The Hall–Kier alpha value is -2.49. The van der Waals surface area contributed by atoms with Crippen molar-refractivity contribution in [3.63, 3.8) is 0 Å². The summed E-state index contributed by atoms with van der Waals surface area (Å²) in [6.45, 7) is 1.52. The van der Waals surface area contributed by atoms with Gasteiger partial charge in [-0.1, -0.05) is 12.1 Å². The molecule has 0 amide bonds. The fourth-order valence-electron chi connectivity index (χ4n) is 2.24. The molecule has 9 heteroatoms. The molecule has 0 spiro atoms. The maximum absolute atomic E-state index is 12.4. The first-order valence-electron chi connectivity index (χ1n) is 7.33. The monoisotopic (exact) mass is 366 g/mol. The van der Waals surface area contributed by atoms with Crippen molar-refractivity contribution in [2.75, 3.05) is 7.11 Å². The van der Waals surface area contributed by atoms with Crippen LogP contribution in [0.4, 0.5) is 5.69 Å². The molecule has 2 rings (SSSR count). The first-order valence-corrected chi connectivity index (χ1v) is 8.81. The number of aliphatic hydroxyl groups is 1. The maximum atomic E-state index is 12.4. The van der Waals surface area contributed by atoms with Gasteiger partial charge in [-0.25, -0.2) is 13.1 Å². The highest BCUT2D eigenvalue weighted by molar-refractivity contribution is 7.89. The van der Waals surface area contributed by atoms with Gasteiger partial charge < -0.3 is 9.84 Å². The summed E-state index contributed by atoms with van der Waals surface area (Å²) in [6.07, 6.45) is -1.09. The van der Waals surface area contributed by atoms with Crippen molar-refractivity contribution in [1.29, 1.82) is 0 Å². The van der Waals surface area contributed by atoms with Crippen molar-refractivity contribution in [3.8, 4) is 5.75 Å². The molecule has 0 saturated carbocycles. The number of aliphatic hydroxyl groups excluding tert-OH is 1. The van der Waals surface area contributed by atoms with E-state index in [1.807, 2.05) is 0 Å². The summed E-state index contributed by atoms with van der Waals surface area (Å²) in [5.41, 5.74) is 0.293. The summed E-state index contributed by atoms with van der Waals surface area (Å²) >= 11 is 0. The molecule has 0 heterocycles. The van der Waals surface area contributed by atoms with Crippen LogP contribution in [-0.4, -0.2) is 31.6 Å². The second-order valence-electron chi connectivity index (χ2n) is 5.38. The summed E-state index contributed by atoms with van der Waals surface area (Å²) in [4.78, 5) is 9.90. The van der Waals surface area contributed by atoms with E-state index in [9.17, 15) is 23.6 Å². The van der Waals surface area contributed by atoms with Crippen LogP contribution >= 0.6 is 0 Å². The molecule has 25 heavy (non-hydrogen) atoms. The molecule has 0 radical (unpaired) electrons. The molecule has 2 aromatic carbocycles. The second-order valence-corrected chi connectivity index (χ2v) is 7.10. The topological polar surface area (TPSA) is 119 Å². The minimum Gasteiger partial charge on any atom is -0.497 e. The lowest BCUT2D eigenvalue weighted by Gasteiger charge is -2.21. The molecule has 2 atom stereocenters. The van der Waals surface area contributed by atoms with Crippen molar-refractivity contribution >= 4 is 15.7 Å². The summed E-state index contributed by atoms with van der Waals surface area (Å²) in [6, 6.07) is 10.3. The van der Waals surface area contributed by atoms with Gasteiger partial charge in [-0.2, -0.15) is 0 Å². The molecule has 0 aliphatic carbocycles. The van der Waals surface area contributed by atoms with E-state index in [4.69, 9.17) is 4.74 Å². The summed E-state index contributed by atoms with van der Waals surface area (Å²) < 4.78 is 32.2. The average molecular weight is 366 g/mol. The Bertz CT molecular complexity index is 851. The first kappa shape index (κ1) is 18.8. The lowest BCUT2D eigenvalue weighted by Crippen LogP contribution is -2.37. The lowest BCUT2D eigenvalue weighted by atomic mass is 10.0. The number of sulfonamides is 1. The Morgan fingerprint density at radius 1 is 1.20 bits per heavy atom. The summed E-state index contributed by atoms with van der Waals surface area (Å²) in [5, 5.41) is 21.0. The van der Waals surface area contributed by atoms with Crippen LogP contribution in [0.1, 0.15) is 18.6 Å². The highest BCUT2D eigenvalue weighted by atomic mass is 32.2. The number of nitro groups is 1. The van der Waals surface area contributed by atoms with Gasteiger partial charge in [0, 0.05) is 18.2 Å². The molecule has 0 aliphatic rings. The Morgan fingerprint density at radius 3 is 2.40 bits per heavy atom. The molecule has 0 unspecified atom stereocenters. The van der Waals surface area contributed by atoms with Gasteiger partial charge in [0.1, 0.15) is 5.75 Å². The number of non-ortho nitro benzene ring substituents is 1. The molecule has 8 nitrogen and oxygen atoms in total. The smallest absolute Gasteiger partial charge is 0.269 e. The predicted octanol–water partition coefficient (Wildman–Crippen LogP) is 2.00. The highest BCUT2D eigenvalue weighted by Gasteiger charge is 2.24. The molecule has 0 fully saturated rings. The number of nitrogens with zero attached hydrogens (tertiary/aromatic N) is 1. The van der Waals surface area contributed by atoms with E-state index in [1.165, 1.54) is 14.0 Å². The van der Waals surface area contributed by atoms with E-state index in [0.29, 0.717) is 11.3 Å². The number of hydrogen-bond donors (Lipinski definition) is 2. The van der Waals surface area contributed by atoms with E-state index in [2.05, 4.69) is 4.72 Å². The quantitative estimate of drug-likeness (QED) is 0.571. The molecule has 0 aromatic heterocycles. The highest BCUT2D eigenvalue weighted by Crippen LogP contribution is 2.23. The van der Waals surface area contributed by atoms with Crippen LogP contribution in [0.3, 0.4) is 0 Å². The van der Waals surface area contributed by atoms with Gasteiger partial charge in [-0.05, 0) is 36.8 Å². The van der Waals surface area contributed by atoms with Crippen molar-refractivity contribution in [2.24, 2.45) is 0 Å². The number of nitrogens with one attached hydrogen (secondary N) is 1. The van der Waals surface area contributed by atoms with Gasteiger partial charge in [0.05, 0.1) is 23.0 Å². The maximum Gasteiger partial charge on any atom is 0.269 e. The Morgan fingerprint density at radius 2 is 1.84 bits per heavy atom. The molecular formula is C16H18N2O6S. The summed E-state index contributed by atoms with van der Waals surface area (Å²) in [5.74, 6) is 0.543. The second kappa shape index (κ2) is 7.60. The fraction of sp³-hybridized carbons (Fsp3) is 0.250. The van der Waals surface area contributed by atoms with Crippen LogP contribution in [0.5, 0.6) is 5.75 Å². The number of nitro benzene ring substituents is 1. The van der Waals surface area contributed by atoms with Crippen molar-refractivity contribution < 1.29 is 23.2 Å². The van der Waals surface area contributed by atoms with Gasteiger partial charge in [-0.15, -0.1) is 0 Å². The molecule has 0 bridgehead atoms. The molecule has 134 valence electrons. The minimum atomic E-state index is -3.93. The van der Waals surface area contributed by atoms with Gasteiger partial charge >= 0.3 is 0 Å². The molecular weight excluding hydrogens is 348 g/mol. The minimum absolute atomic E-state index is 0.122. The normalized spacial score (nSPS) is 13.9. The standard InChI is InChI=1S/C16H18N2O6S/c1-11(16(19)12-4-3-5-14(10-12)24-2)17-25(22,23)15-8-6-13(7-9-15)18(20)21/h3-11,16-17,19H,1-2H3/t11-,16-/m0/s1. The van der Waals surface area contributed by atoms with Gasteiger partial charge in [0.25, 0.3) is 5.69 Å². The van der Waals surface area contributed by atoms with Crippen LogP contribution < -0.4 is 9.46 Å². The van der Waals surface area contributed by atoms with E-state index < -0.39 is 27.1 Å². The van der Waals surface area contributed by atoms with E-state index in [0.717, 1.165) is 24.3 Å². The zero-order chi connectivity index (χ0) is 18.6. The average Bonchev–Trinajstić information content (AvgIpc) is 2.60. The lowest BCUT2D eigenvalue weighted by molar-refractivity contribution is -0.384. The Kier molecular flexibility index (Phi) is 5.73. The Labute approximate surface area is 145 Å². The van der Waals surface area contributed by atoms with Crippen LogP contribution in [0.25, 0.3) is 0 Å². The van der Waals surface area contributed by atoms with E-state index in [-0.39, 0.29) is 10.6 Å². The molecule has 0 saturated heterocycles. The largest absolute Gasteiger partial charge is 0.497 e. The number of rotatable bonds is 7. The summed E-state index contributed by atoms with van der Waals surface area (Å²) in [7, 11) is -2.44. The van der Waals surface area contributed by atoms with Crippen molar-refractivity contribution in [2.45, 2.75) is 24.0 Å². The zero-order valence-electron chi connectivity index (χ0n) is 13.6. The van der Waals surface area contributed by atoms with Crippen LogP contribution in [0.2, 0.25) is 0 Å². The Balaban J connectivity index is 2.16. The van der Waals surface area contributed by atoms with Crippen LogP contribution in [-0.2, 0) is 10.0 Å². The fourth-order valence-corrected chi connectivity index (χ4v) is 3.49. The van der Waals surface area contributed by atoms with Crippen LogP contribution in [0, 0.1) is 10.1 Å². The molecule has 2 N–H and O–H groups in total. The van der Waals surface area contributed by atoms with E-state index in [1.54, 1.807) is 24.3 Å². The van der Waals surface area contributed by atoms with Crippen LogP contribution in [0.15, 0.2) is 53.4 Å². The first-order chi connectivity index (χ1) is 11.7. The predicted molar refractivity (Wildman–Crippen MR) is 90.8 cm³/mol. The zero-order valence-corrected chi connectivity index (χ0v) is 14.4. The van der Waals surface area contributed by atoms with Gasteiger partial charge in [0.15, 0.2) is 0 Å². The molecule has 2 aromatic rings. The molecule has 0 aliphatic heterocycles. The third-order valence-electron chi connectivity index (χ3n) is 3.61. The third-order valence-corrected chi connectivity index (χ3v) is 5.18. The number of methoxy groups -OCH3 is 1. The number of hydrogen-bond acceptors (Lipinski definition) is 6. The van der Waals surface area contributed by atoms with Gasteiger partial charge in [0.2, 0.25) is 10.0 Å². The third kappa shape index (κ3) is 4.53. The van der Waals surface area contributed by atoms with Crippen molar-refractivity contribution in [3.05, 3.63) is 64.2 Å². The van der Waals surface area contributed by atoms with E-state index >= 15 is 0 Å². The van der Waals surface area contributed by atoms with Crippen molar-refractivity contribution in [1.82, 2.24) is 4.72 Å². The number of ether oxygens (including phenoxy) is 1. The number of benzene rings is 2. The van der Waals surface area contributed by atoms with Gasteiger partial charge in [-0.3, -0.25) is 10.1 Å².